The zero-order valence-electron chi connectivity index (χ0n) is 10.4. The van der Waals surface area contributed by atoms with Crippen LogP contribution in [0.25, 0.3) is 0 Å². The summed E-state index contributed by atoms with van der Waals surface area (Å²) in [5.74, 6) is -0.154. The molecule has 0 aliphatic heterocycles. The molecule has 0 aliphatic carbocycles. The number of nitrogens with one attached hydrogen (secondary N) is 1. The molecular weight excluding hydrogens is 228 g/mol. The van der Waals surface area contributed by atoms with E-state index >= 15 is 0 Å². The maximum atomic E-state index is 11.9. The number of rotatable bonds is 3. The molecule has 3 N–H and O–H groups in total. The topological polar surface area (TPSA) is 72.9 Å². The molecule has 5 nitrogen and oxygen atoms in total. The number of carbonyl (C=O) groups excluding carboxylic acids is 1. The highest BCUT2D eigenvalue weighted by molar-refractivity contribution is 5.94. The molecule has 2 rings (SSSR count). The van der Waals surface area contributed by atoms with E-state index < -0.39 is 0 Å². The number of para-hydroxylation sites is 1. The Morgan fingerprint density at radius 1 is 1.44 bits per heavy atom. The van der Waals surface area contributed by atoms with Gasteiger partial charge in [0.25, 0.3) is 5.91 Å². The maximum absolute atomic E-state index is 11.9. The number of benzene rings is 1. The molecule has 0 spiro atoms. The van der Waals surface area contributed by atoms with Crippen LogP contribution in [0.4, 0.5) is 5.69 Å². The minimum Gasteiger partial charge on any atom is -0.398 e. The van der Waals surface area contributed by atoms with E-state index in [1.807, 2.05) is 31.2 Å². The highest BCUT2D eigenvalue weighted by Gasteiger charge is 2.14. The van der Waals surface area contributed by atoms with Crippen LogP contribution in [0.2, 0.25) is 0 Å². The molecule has 2 aromatic rings. The Kier molecular flexibility index (Phi) is 3.32. The van der Waals surface area contributed by atoms with Crippen molar-refractivity contribution in [2.45, 2.75) is 13.0 Å². The zero-order valence-corrected chi connectivity index (χ0v) is 10.4. The predicted molar refractivity (Wildman–Crippen MR) is 69.9 cm³/mol. The summed E-state index contributed by atoms with van der Waals surface area (Å²) in [5.41, 5.74) is 8.00. The van der Waals surface area contributed by atoms with Crippen LogP contribution in [0.5, 0.6) is 0 Å². The molecule has 0 saturated heterocycles. The van der Waals surface area contributed by atoms with Gasteiger partial charge in [0.2, 0.25) is 0 Å². The van der Waals surface area contributed by atoms with Crippen molar-refractivity contribution in [3.05, 3.63) is 47.8 Å². The molecule has 1 aromatic carbocycles. The molecule has 0 aliphatic rings. The SMILES string of the molecule is CC(NC(=O)c1cnn(C)c1)c1ccccc1N. The largest absolute Gasteiger partial charge is 0.398 e. The number of nitrogens with two attached hydrogens (primary N) is 1. The number of anilines is 1. The van der Waals surface area contributed by atoms with Crippen molar-refractivity contribution in [2.24, 2.45) is 7.05 Å². The minimum absolute atomic E-state index is 0.140. The first-order chi connectivity index (χ1) is 8.58. The Morgan fingerprint density at radius 3 is 2.78 bits per heavy atom. The van der Waals surface area contributed by atoms with Gasteiger partial charge >= 0.3 is 0 Å². The van der Waals surface area contributed by atoms with E-state index in [-0.39, 0.29) is 11.9 Å². The summed E-state index contributed by atoms with van der Waals surface area (Å²) in [7, 11) is 1.77. The number of hydrogen-bond donors (Lipinski definition) is 2. The van der Waals surface area contributed by atoms with Crippen molar-refractivity contribution >= 4 is 11.6 Å². The lowest BCUT2D eigenvalue weighted by atomic mass is 10.1. The molecule has 1 unspecified atom stereocenters. The van der Waals surface area contributed by atoms with Crippen LogP contribution >= 0.6 is 0 Å². The van der Waals surface area contributed by atoms with Crippen molar-refractivity contribution in [3.63, 3.8) is 0 Å². The zero-order chi connectivity index (χ0) is 13.1. The van der Waals surface area contributed by atoms with Crippen LogP contribution in [0.15, 0.2) is 36.7 Å². The van der Waals surface area contributed by atoms with Crippen LogP contribution in [0.1, 0.15) is 28.9 Å². The highest BCUT2D eigenvalue weighted by atomic mass is 16.1. The van der Waals surface area contributed by atoms with Crippen LogP contribution in [0, 0.1) is 0 Å². The number of hydrogen-bond acceptors (Lipinski definition) is 3. The van der Waals surface area contributed by atoms with Crippen LogP contribution in [-0.2, 0) is 7.05 Å². The second kappa shape index (κ2) is 4.91. The van der Waals surface area contributed by atoms with E-state index in [0.717, 1.165) is 5.56 Å². The Balaban J connectivity index is 2.10. The van der Waals surface area contributed by atoms with Gasteiger partial charge < -0.3 is 11.1 Å². The van der Waals surface area contributed by atoms with Crippen molar-refractivity contribution in [1.82, 2.24) is 15.1 Å². The van der Waals surface area contributed by atoms with Gasteiger partial charge in [0, 0.05) is 18.9 Å². The summed E-state index contributed by atoms with van der Waals surface area (Å²) in [6.45, 7) is 1.90. The average molecular weight is 244 g/mol. The normalized spacial score (nSPS) is 12.1. The second-order valence-electron chi connectivity index (χ2n) is 4.23. The first-order valence-electron chi connectivity index (χ1n) is 5.72. The quantitative estimate of drug-likeness (QED) is 0.803. The number of aryl methyl sites for hydroxylation is 1. The highest BCUT2D eigenvalue weighted by Crippen LogP contribution is 2.19. The lowest BCUT2D eigenvalue weighted by molar-refractivity contribution is 0.0940. The summed E-state index contributed by atoms with van der Waals surface area (Å²) in [4.78, 5) is 11.9. The summed E-state index contributed by atoms with van der Waals surface area (Å²) >= 11 is 0. The molecule has 0 bridgehead atoms. The smallest absolute Gasteiger partial charge is 0.254 e. The van der Waals surface area contributed by atoms with Gasteiger partial charge in [-0.3, -0.25) is 9.48 Å². The van der Waals surface area contributed by atoms with E-state index in [4.69, 9.17) is 5.73 Å². The third-order valence-electron chi connectivity index (χ3n) is 2.78. The molecule has 5 heteroatoms. The predicted octanol–water partition coefficient (Wildman–Crippen LogP) is 1.49. The van der Waals surface area contributed by atoms with E-state index in [1.165, 1.54) is 6.20 Å². The number of carbonyl (C=O) groups is 1. The standard InChI is InChI=1S/C13H16N4O/c1-9(11-5-3-4-6-12(11)14)16-13(18)10-7-15-17(2)8-10/h3-9H,14H2,1-2H3,(H,16,18). The molecular formula is C13H16N4O. The first kappa shape index (κ1) is 12.2. The summed E-state index contributed by atoms with van der Waals surface area (Å²) in [6.07, 6.45) is 3.22. The lowest BCUT2D eigenvalue weighted by Gasteiger charge is -2.15. The van der Waals surface area contributed by atoms with Crippen LogP contribution in [0.3, 0.4) is 0 Å². The van der Waals surface area contributed by atoms with Crippen LogP contribution in [-0.4, -0.2) is 15.7 Å². The van der Waals surface area contributed by atoms with E-state index in [9.17, 15) is 4.79 Å². The van der Waals surface area contributed by atoms with Gasteiger partial charge in [-0.05, 0) is 18.6 Å². The Hall–Kier alpha value is -2.30. The Labute approximate surface area is 106 Å². The van der Waals surface area contributed by atoms with E-state index in [0.29, 0.717) is 11.3 Å². The maximum Gasteiger partial charge on any atom is 0.254 e. The van der Waals surface area contributed by atoms with Gasteiger partial charge in [0.15, 0.2) is 0 Å². The molecule has 0 fully saturated rings. The summed E-state index contributed by atoms with van der Waals surface area (Å²) in [6, 6.07) is 7.36. The van der Waals surface area contributed by atoms with Crippen LogP contribution < -0.4 is 11.1 Å². The molecule has 0 radical (unpaired) electrons. The fourth-order valence-corrected chi connectivity index (χ4v) is 1.80. The first-order valence-corrected chi connectivity index (χ1v) is 5.72. The molecule has 18 heavy (non-hydrogen) atoms. The molecule has 1 heterocycles. The average Bonchev–Trinajstić information content (AvgIpc) is 2.76. The lowest BCUT2D eigenvalue weighted by Crippen LogP contribution is -2.26. The molecule has 1 amide bonds. The fraction of sp³-hybridized carbons (Fsp3) is 0.231. The minimum atomic E-state index is -0.154. The number of amides is 1. The number of nitrogens with zero attached hydrogens (tertiary/aromatic N) is 2. The molecule has 1 atom stereocenters. The summed E-state index contributed by atoms with van der Waals surface area (Å²) < 4.78 is 1.59. The van der Waals surface area contributed by atoms with Gasteiger partial charge in [-0.15, -0.1) is 0 Å². The van der Waals surface area contributed by atoms with Gasteiger partial charge in [-0.2, -0.15) is 5.10 Å². The third kappa shape index (κ3) is 2.51. The van der Waals surface area contributed by atoms with Gasteiger partial charge in [-0.1, -0.05) is 18.2 Å². The Morgan fingerprint density at radius 2 is 2.17 bits per heavy atom. The van der Waals surface area contributed by atoms with Gasteiger partial charge in [0.05, 0.1) is 17.8 Å². The van der Waals surface area contributed by atoms with Crippen molar-refractivity contribution in [3.8, 4) is 0 Å². The second-order valence-corrected chi connectivity index (χ2v) is 4.23. The van der Waals surface area contributed by atoms with Gasteiger partial charge in [0.1, 0.15) is 0 Å². The monoisotopic (exact) mass is 244 g/mol. The van der Waals surface area contributed by atoms with Crippen molar-refractivity contribution in [1.29, 1.82) is 0 Å². The van der Waals surface area contributed by atoms with E-state index in [2.05, 4.69) is 10.4 Å². The van der Waals surface area contributed by atoms with Gasteiger partial charge in [-0.25, -0.2) is 0 Å². The Bertz CT molecular complexity index is 562. The van der Waals surface area contributed by atoms with Crippen molar-refractivity contribution < 1.29 is 4.79 Å². The fourth-order valence-electron chi connectivity index (χ4n) is 1.80. The van der Waals surface area contributed by atoms with E-state index in [1.54, 1.807) is 17.9 Å². The number of aromatic nitrogens is 2. The molecule has 94 valence electrons. The molecule has 1 aromatic heterocycles. The summed E-state index contributed by atoms with van der Waals surface area (Å²) in [5, 5.41) is 6.86. The molecule has 0 saturated carbocycles. The third-order valence-corrected chi connectivity index (χ3v) is 2.78. The van der Waals surface area contributed by atoms with Crippen molar-refractivity contribution in [2.75, 3.05) is 5.73 Å². The number of nitrogen functional groups attached to an aromatic ring is 1.